The van der Waals surface area contributed by atoms with Gasteiger partial charge in [-0.1, -0.05) is 222 Å². The number of benzene rings is 11. The molecule has 0 atom stereocenters. The Labute approximate surface area is 441 Å². The molecule has 3 aliphatic rings. The molecule has 11 aromatic rings. The second kappa shape index (κ2) is 17.0. The molecule has 358 valence electrons. The highest BCUT2D eigenvalue weighted by atomic mass is 15.1. The van der Waals surface area contributed by atoms with Crippen molar-refractivity contribution in [2.45, 2.75) is 43.9 Å². The minimum Gasteiger partial charge on any atom is -0.310 e. The van der Waals surface area contributed by atoms with Crippen LogP contribution in [-0.4, -0.2) is 0 Å². The Kier molecular flexibility index (Phi) is 10.2. The maximum Gasteiger partial charge on any atom is 0.0713 e. The molecule has 75 heavy (non-hydrogen) atoms. The van der Waals surface area contributed by atoms with Crippen molar-refractivity contribution in [3.8, 4) is 44.5 Å². The highest BCUT2D eigenvalue weighted by Crippen LogP contribution is 2.58. The summed E-state index contributed by atoms with van der Waals surface area (Å²) in [6.45, 7) is 9.45. The maximum atomic E-state index is 2.44. The van der Waals surface area contributed by atoms with Crippen molar-refractivity contribution in [3.63, 3.8) is 0 Å². The molecule has 0 saturated carbocycles. The Morgan fingerprint density at radius 3 is 0.947 bits per heavy atom. The fourth-order valence-electron chi connectivity index (χ4n) is 13.3. The van der Waals surface area contributed by atoms with E-state index in [2.05, 4.69) is 304 Å². The lowest BCUT2D eigenvalue weighted by Crippen LogP contribution is -2.28. The van der Waals surface area contributed by atoms with Crippen molar-refractivity contribution < 1.29 is 0 Å². The summed E-state index contributed by atoms with van der Waals surface area (Å²) in [5.41, 5.74) is 26.6. The summed E-state index contributed by atoms with van der Waals surface area (Å²) < 4.78 is 0. The molecular formula is C73H56N2. The summed E-state index contributed by atoms with van der Waals surface area (Å²) in [6, 6.07) is 99.5. The van der Waals surface area contributed by atoms with Gasteiger partial charge in [-0.3, -0.25) is 0 Å². The molecule has 0 spiro atoms. The number of rotatable bonds is 9. The summed E-state index contributed by atoms with van der Waals surface area (Å²) in [5, 5.41) is 0. The van der Waals surface area contributed by atoms with Gasteiger partial charge in [0.25, 0.3) is 0 Å². The normalized spacial score (nSPS) is 14.5. The van der Waals surface area contributed by atoms with Gasteiger partial charge in [0.1, 0.15) is 0 Å². The van der Waals surface area contributed by atoms with Crippen LogP contribution < -0.4 is 9.80 Å². The van der Waals surface area contributed by atoms with Gasteiger partial charge in [0, 0.05) is 45.0 Å². The molecular weight excluding hydrogens is 905 g/mol. The molecule has 0 amide bonds. The van der Waals surface area contributed by atoms with Crippen LogP contribution in [-0.2, 0) is 16.2 Å². The topological polar surface area (TPSA) is 6.48 Å². The number of anilines is 6. The first-order chi connectivity index (χ1) is 36.7. The second-order valence-electron chi connectivity index (χ2n) is 21.7. The lowest BCUT2D eigenvalue weighted by atomic mass is 9.67. The zero-order valence-corrected chi connectivity index (χ0v) is 42.8. The summed E-state index contributed by atoms with van der Waals surface area (Å²) >= 11 is 0. The van der Waals surface area contributed by atoms with E-state index in [1.807, 2.05) is 0 Å². The summed E-state index contributed by atoms with van der Waals surface area (Å²) in [7, 11) is 0. The Hall–Kier alpha value is -8.98. The van der Waals surface area contributed by atoms with Crippen molar-refractivity contribution >= 4 is 34.1 Å². The number of nitrogens with zero attached hydrogens (tertiary/aromatic N) is 2. The van der Waals surface area contributed by atoms with E-state index < -0.39 is 5.41 Å². The van der Waals surface area contributed by atoms with Gasteiger partial charge in [-0.05, 0) is 162 Å². The van der Waals surface area contributed by atoms with Gasteiger partial charge >= 0.3 is 0 Å². The Morgan fingerprint density at radius 1 is 0.227 bits per heavy atom. The highest BCUT2D eigenvalue weighted by Gasteiger charge is 2.46. The second-order valence-corrected chi connectivity index (χ2v) is 21.7. The van der Waals surface area contributed by atoms with E-state index in [4.69, 9.17) is 0 Å². The third-order valence-electron chi connectivity index (χ3n) is 17.0. The van der Waals surface area contributed by atoms with Crippen molar-refractivity contribution in [1.29, 1.82) is 0 Å². The average molecular weight is 961 g/mol. The van der Waals surface area contributed by atoms with Crippen LogP contribution in [0, 0.1) is 0 Å². The molecule has 0 bridgehead atoms. The van der Waals surface area contributed by atoms with E-state index in [0.29, 0.717) is 0 Å². The predicted octanol–water partition coefficient (Wildman–Crippen LogP) is 19.3. The number of para-hydroxylation sites is 1. The van der Waals surface area contributed by atoms with Crippen molar-refractivity contribution in [1.82, 2.24) is 0 Å². The third-order valence-corrected chi connectivity index (χ3v) is 17.0. The quantitative estimate of drug-likeness (QED) is 0.142. The molecule has 0 N–H and O–H groups in total. The molecule has 0 aromatic heterocycles. The standard InChI is InChI=1S/C73H56N2/c1-71(2)65-27-15-11-23-59(65)63-45-43-57(47-69(63)71)74(53-21-9-6-10-22-53)55-39-33-51(34-40-55)73(67-29-17-13-25-61(67)62-26-14-18-30-68(62)73)52-35-41-56(42-36-52)75(54-37-31-50(32-38-54)49-19-7-5-8-20-49)58-44-46-64-60-24-12-16-28-66(60)72(3,4)70(64)48-58/h5-48H,1-4H3. The van der Waals surface area contributed by atoms with E-state index in [1.165, 1.54) is 89.0 Å². The van der Waals surface area contributed by atoms with Gasteiger partial charge in [-0.15, -0.1) is 0 Å². The maximum absolute atomic E-state index is 2.44. The van der Waals surface area contributed by atoms with Gasteiger partial charge in [-0.2, -0.15) is 0 Å². The van der Waals surface area contributed by atoms with E-state index in [0.717, 1.165) is 34.1 Å². The fourth-order valence-corrected chi connectivity index (χ4v) is 13.3. The van der Waals surface area contributed by atoms with Crippen LogP contribution in [0.25, 0.3) is 44.5 Å². The van der Waals surface area contributed by atoms with Crippen LogP contribution in [0.2, 0.25) is 0 Å². The van der Waals surface area contributed by atoms with Gasteiger partial charge in [-0.25, -0.2) is 0 Å². The van der Waals surface area contributed by atoms with Crippen LogP contribution >= 0.6 is 0 Å². The van der Waals surface area contributed by atoms with Gasteiger partial charge in [0.05, 0.1) is 5.41 Å². The SMILES string of the molecule is CC1(C)c2ccccc2-c2ccc(N(c3ccccc3)c3ccc(C4(c5ccc(N(c6ccc(-c7ccccc7)cc6)c6ccc7c(c6)C(C)(C)c6ccccc6-7)cc5)c5ccccc5-c5ccccc54)cc3)cc21. The molecule has 2 nitrogen and oxygen atoms in total. The van der Waals surface area contributed by atoms with Crippen LogP contribution in [0.3, 0.4) is 0 Å². The smallest absolute Gasteiger partial charge is 0.0713 e. The third kappa shape index (κ3) is 6.79. The molecule has 0 aliphatic heterocycles. The Bertz CT molecular complexity index is 3930. The lowest BCUT2D eigenvalue weighted by molar-refractivity contribution is 0.660. The minimum atomic E-state index is -0.587. The first-order valence-electron chi connectivity index (χ1n) is 26.4. The zero-order valence-electron chi connectivity index (χ0n) is 42.8. The summed E-state index contributed by atoms with van der Waals surface area (Å²) in [4.78, 5) is 4.85. The highest BCUT2D eigenvalue weighted by molar-refractivity contribution is 5.90. The summed E-state index contributed by atoms with van der Waals surface area (Å²) in [6.07, 6.45) is 0. The number of fused-ring (bicyclic) bond motifs is 9. The van der Waals surface area contributed by atoms with Crippen molar-refractivity contribution in [2.24, 2.45) is 0 Å². The molecule has 0 radical (unpaired) electrons. The molecule has 11 aromatic carbocycles. The van der Waals surface area contributed by atoms with Crippen LogP contribution in [0.15, 0.2) is 267 Å². The molecule has 3 aliphatic carbocycles. The molecule has 2 heteroatoms. The fraction of sp³-hybridized carbons (Fsp3) is 0.0959. The largest absolute Gasteiger partial charge is 0.310 e. The predicted molar refractivity (Wildman–Crippen MR) is 314 cm³/mol. The first-order valence-corrected chi connectivity index (χ1v) is 26.4. The summed E-state index contributed by atoms with van der Waals surface area (Å²) in [5.74, 6) is 0. The Morgan fingerprint density at radius 2 is 0.520 bits per heavy atom. The zero-order chi connectivity index (χ0) is 50.5. The van der Waals surface area contributed by atoms with Crippen molar-refractivity contribution in [2.75, 3.05) is 9.80 Å². The molecule has 0 fully saturated rings. The number of hydrogen-bond acceptors (Lipinski definition) is 2. The molecule has 0 saturated heterocycles. The van der Waals surface area contributed by atoms with Gasteiger partial charge < -0.3 is 9.80 Å². The molecule has 14 rings (SSSR count). The van der Waals surface area contributed by atoms with Gasteiger partial charge in [0.15, 0.2) is 0 Å². The first kappa shape index (κ1) is 44.7. The van der Waals surface area contributed by atoms with E-state index in [-0.39, 0.29) is 10.8 Å². The minimum absolute atomic E-state index is 0.117. The van der Waals surface area contributed by atoms with E-state index in [9.17, 15) is 0 Å². The Balaban J connectivity index is 0.907. The number of hydrogen-bond donors (Lipinski definition) is 0. The van der Waals surface area contributed by atoms with Crippen LogP contribution in [0.5, 0.6) is 0 Å². The molecule has 0 unspecified atom stereocenters. The van der Waals surface area contributed by atoms with Crippen LogP contribution in [0.1, 0.15) is 72.2 Å². The monoisotopic (exact) mass is 960 g/mol. The van der Waals surface area contributed by atoms with E-state index >= 15 is 0 Å². The average Bonchev–Trinajstić information content (AvgIpc) is 4.02. The van der Waals surface area contributed by atoms with Gasteiger partial charge in [0.2, 0.25) is 0 Å². The van der Waals surface area contributed by atoms with Crippen LogP contribution in [0.4, 0.5) is 34.1 Å². The van der Waals surface area contributed by atoms with E-state index in [1.54, 1.807) is 0 Å². The lowest BCUT2D eigenvalue weighted by Gasteiger charge is -2.35. The van der Waals surface area contributed by atoms with Crippen molar-refractivity contribution in [3.05, 3.63) is 311 Å². The molecule has 0 heterocycles.